The van der Waals surface area contributed by atoms with Crippen LogP contribution in [0, 0.1) is 0 Å². The van der Waals surface area contributed by atoms with Gasteiger partial charge >= 0.3 is 0 Å². The fourth-order valence-electron chi connectivity index (χ4n) is 1.93. The van der Waals surface area contributed by atoms with Crippen LogP contribution in [0.5, 0.6) is 0 Å². The van der Waals surface area contributed by atoms with E-state index in [9.17, 15) is 0 Å². The average Bonchev–Trinajstić information content (AvgIpc) is 2.19. The van der Waals surface area contributed by atoms with Crippen LogP contribution in [0.3, 0.4) is 0 Å². The molecule has 1 radical (unpaired) electrons. The molecule has 1 fully saturated rings. The normalized spacial score (nSPS) is 21.7. The lowest BCUT2D eigenvalue weighted by molar-refractivity contribution is 0.278. The third kappa shape index (κ3) is 4.27. The predicted octanol–water partition coefficient (Wildman–Crippen LogP) is 3.76. The van der Waals surface area contributed by atoms with Crippen LogP contribution in [0.15, 0.2) is 0 Å². The highest BCUT2D eigenvalue weighted by Gasteiger charge is 2.23. The van der Waals surface area contributed by atoms with Crippen molar-refractivity contribution in [3.8, 4) is 0 Å². The fourth-order valence-corrected chi connectivity index (χ4v) is 4.38. The van der Waals surface area contributed by atoms with Crippen molar-refractivity contribution < 1.29 is 4.43 Å². The van der Waals surface area contributed by atoms with E-state index < -0.39 is 9.04 Å². The molecule has 1 aliphatic rings. The number of hydrogen-bond acceptors (Lipinski definition) is 1. The second-order valence-electron chi connectivity index (χ2n) is 4.17. The van der Waals surface area contributed by atoms with Gasteiger partial charge in [-0.2, -0.15) is 0 Å². The van der Waals surface area contributed by atoms with Crippen LogP contribution in [-0.2, 0) is 4.43 Å². The van der Waals surface area contributed by atoms with Crippen molar-refractivity contribution in [1.29, 1.82) is 0 Å². The molecule has 1 rings (SSSR count). The summed E-state index contributed by atoms with van der Waals surface area (Å²) in [5.74, 6) is 0. The van der Waals surface area contributed by atoms with Crippen molar-refractivity contribution in [2.75, 3.05) is 6.61 Å². The van der Waals surface area contributed by atoms with Gasteiger partial charge < -0.3 is 4.43 Å². The van der Waals surface area contributed by atoms with E-state index in [1.165, 1.54) is 44.6 Å². The number of hydrogen-bond donors (Lipinski definition) is 0. The van der Waals surface area contributed by atoms with E-state index in [0.717, 1.165) is 12.1 Å². The van der Waals surface area contributed by atoms with Gasteiger partial charge in [0.2, 0.25) is 9.04 Å². The highest BCUT2D eigenvalue weighted by Crippen LogP contribution is 2.25. The minimum Gasteiger partial charge on any atom is -0.416 e. The molecule has 13 heavy (non-hydrogen) atoms. The summed E-state index contributed by atoms with van der Waals surface area (Å²) < 4.78 is 5.87. The first-order valence-corrected chi connectivity index (χ1v) is 7.52. The quantitative estimate of drug-likeness (QED) is 0.484. The van der Waals surface area contributed by atoms with Gasteiger partial charge in [0.1, 0.15) is 0 Å². The van der Waals surface area contributed by atoms with E-state index in [4.69, 9.17) is 4.43 Å². The maximum absolute atomic E-state index is 5.87. The summed E-state index contributed by atoms with van der Waals surface area (Å²) in [6, 6.07) is 1.40. The molecule has 1 aliphatic heterocycles. The Balaban J connectivity index is 2.09. The summed E-state index contributed by atoms with van der Waals surface area (Å²) in [6.45, 7) is 5.72. The van der Waals surface area contributed by atoms with Crippen LogP contribution in [0.1, 0.15) is 52.4 Å². The molecule has 0 aliphatic carbocycles. The van der Waals surface area contributed by atoms with Gasteiger partial charge in [-0.15, -0.1) is 0 Å². The first kappa shape index (κ1) is 11.3. The maximum Gasteiger partial charge on any atom is 0.214 e. The van der Waals surface area contributed by atoms with Gasteiger partial charge in [-0.1, -0.05) is 46.0 Å². The Morgan fingerprint density at radius 3 is 2.77 bits per heavy atom. The third-order valence-electron chi connectivity index (χ3n) is 2.90. The predicted molar refractivity (Wildman–Crippen MR) is 59.3 cm³/mol. The van der Waals surface area contributed by atoms with Crippen molar-refractivity contribution in [2.24, 2.45) is 0 Å². The maximum atomic E-state index is 5.87. The van der Waals surface area contributed by atoms with Gasteiger partial charge in [0.15, 0.2) is 0 Å². The Bertz CT molecular complexity index is 121. The molecule has 1 atom stereocenters. The Labute approximate surface area is 84.6 Å². The van der Waals surface area contributed by atoms with Crippen LogP contribution in [-0.4, -0.2) is 15.6 Å². The Hall–Kier alpha value is 0.177. The molecule has 0 N–H and O–H groups in total. The molecule has 0 amide bonds. The van der Waals surface area contributed by atoms with Gasteiger partial charge in [-0.3, -0.25) is 0 Å². The van der Waals surface area contributed by atoms with E-state index in [0.29, 0.717) is 0 Å². The van der Waals surface area contributed by atoms with Crippen molar-refractivity contribution in [1.82, 2.24) is 0 Å². The molecule has 2 heteroatoms. The second-order valence-corrected chi connectivity index (χ2v) is 6.88. The zero-order valence-corrected chi connectivity index (χ0v) is 10.1. The Morgan fingerprint density at radius 1 is 1.31 bits per heavy atom. The first-order valence-electron chi connectivity index (χ1n) is 5.83. The van der Waals surface area contributed by atoms with Crippen LogP contribution in [0.4, 0.5) is 0 Å². The molecule has 0 aromatic carbocycles. The van der Waals surface area contributed by atoms with Gasteiger partial charge in [0.05, 0.1) is 0 Å². The summed E-state index contributed by atoms with van der Waals surface area (Å²) in [5, 5.41) is 0. The van der Waals surface area contributed by atoms with E-state index in [2.05, 4.69) is 13.8 Å². The van der Waals surface area contributed by atoms with Crippen LogP contribution >= 0.6 is 0 Å². The van der Waals surface area contributed by atoms with Crippen molar-refractivity contribution in [3.63, 3.8) is 0 Å². The number of rotatable bonds is 5. The van der Waals surface area contributed by atoms with Gasteiger partial charge in [-0.25, -0.2) is 0 Å². The van der Waals surface area contributed by atoms with E-state index >= 15 is 0 Å². The summed E-state index contributed by atoms with van der Waals surface area (Å²) >= 11 is 0. The second kappa shape index (κ2) is 6.60. The molecular weight excluding hydrogens is 176 g/mol. The molecule has 77 valence electrons. The van der Waals surface area contributed by atoms with E-state index in [1.807, 2.05) is 0 Å². The summed E-state index contributed by atoms with van der Waals surface area (Å²) in [4.78, 5) is 0. The minimum absolute atomic E-state index is 0.406. The number of unbranched alkanes of at least 4 members (excludes halogenated alkanes) is 2. The largest absolute Gasteiger partial charge is 0.416 e. The third-order valence-corrected chi connectivity index (χ3v) is 5.70. The average molecular weight is 199 g/mol. The first-order chi connectivity index (χ1) is 6.34. The molecule has 1 heterocycles. The standard InChI is InChI=1S/C11H23OSi/c1-3-4-5-8-11(2)13-10-7-6-9-12-13/h11H,3-10H2,1-2H3. The molecule has 0 aromatic rings. The van der Waals surface area contributed by atoms with Crippen LogP contribution in [0.25, 0.3) is 0 Å². The molecule has 0 saturated carbocycles. The molecule has 0 spiro atoms. The summed E-state index contributed by atoms with van der Waals surface area (Å²) in [7, 11) is -0.406. The Kier molecular flexibility index (Phi) is 5.72. The Morgan fingerprint density at radius 2 is 2.15 bits per heavy atom. The van der Waals surface area contributed by atoms with E-state index in [-0.39, 0.29) is 0 Å². The zero-order valence-electron chi connectivity index (χ0n) is 9.14. The molecule has 0 aromatic heterocycles. The lowest BCUT2D eigenvalue weighted by Gasteiger charge is -2.25. The minimum atomic E-state index is -0.406. The highest BCUT2D eigenvalue weighted by molar-refractivity contribution is 6.53. The molecule has 1 saturated heterocycles. The summed E-state index contributed by atoms with van der Waals surface area (Å²) in [5.41, 5.74) is 0.886. The molecule has 1 nitrogen and oxygen atoms in total. The highest BCUT2D eigenvalue weighted by atomic mass is 28.3. The summed E-state index contributed by atoms with van der Waals surface area (Å²) in [6.07, 6.45) is 8.29. The van der Waals surface area contributed by atoms with Crippen LogP contribution < -0.4 is 0 Å². The lowest BCUT2D eigenvalue weighted by atomic mass is 10.2. The SMILES string of the molecule is CCCCCC(C)[Si]1CCCCO1. The monoisotopic (exact) mass is 199 g/mol. The fraction of sp³-hybridized carbons (Fsp3) is 1.00. The van der Waals surface area contributed by atoms with Crippen LogP contribution in [0.2, 0.25) is 11.6 Å². The molecular formula is C11H23OSi. The van der Waals surface area contributed by atoms with E-state index in [1.54, 1.807) is 0 Å². The van der Waals surface area contributed by atoms with Gasteiger partial charge in [-0.05, 0) is 18.0 Å². The lowest BCUT2D eigenvalue weighted by Crippen LogP contribution is -2.27. The van der Waals surface area contributed by atoms with Crippen molar-refractivity contribution in [2.45, 2.75) is 64.0 Å². The van der Waals surface area contributed by atoms with Crippen molar-refractivity contribution >= 4 is 9.04 Å². The smallest absolute Gasteiger partial charge is 0.214 e. The topological polar surface area (TPSA) is 9.23 Å². The van der Waals surface area contributed by atoms with Gasteiger partial charge in [0, 0.05) is 6.61 Å². The zero-order chi connectivity index (χ0) is 9.52. The molecule has 0 bridgehead atoms. The molecule has 1 unspecified atom stereocenters. The van der Waals surface area contributed by atoms with Crippen molar-refractivity contribution in [3.05, 3.63) is 0 Å². The van der Waals surface area contributed by atoms with Gasteiger partial charge in [0.25, 0.3) is 0 Å².